The second-order valence-electron chi connectivity index (χ2n) is 4.41. The highest BCUT2D eigenvalue weighted by Gasteiger charge is 1.94. The number of rotatable bonds is 10. The third-order valence-corrected chi connectivity index (χ3v) is 2.49. The molecule has 0 atom stereocenters. The van der Waals surface area contributed by atoms with E-state index >= 15 is 0 Å². The van der Waals surface area contributed by atoms with Crippen molar-refractivity contribution < 1.29 is 19.8 Å². The quantitative estimate of drug-likeness (QED) is 0.580. The van der Waals surface area contributed by atoms with Gasteiger partial charge in [0, 0.05) is 12.8 Å². The molecule has 18 heavy (non-hydrogen) atoms. The topological polar surface area (TPSA) is 74.6 Å². The van der Waals surface area contributed by atoms with E-state index in [-0.39, 0.29) is 0 Å². The Balaban J connectivity index is 0. The molecule has 108 valence electrons. The zero-order valence-corrected chi connectivity index (χ0v) is 11.8. The van der Waals surface area contributed by atoms with Gasteiger partial charge in [0.1, 0.15) is 0 Å². The standard InChI is InChI=1S/2C7H14O2/c2*1-2-3-4-5-6-7(8)9/h2*2-6H2,1H3,(H,8,9). The van der Waals surface area contributed by atoms with Gasteiger partial charge in [0.25, 0.3) is 0 Å². The Labute approximate surface area is 110 Å². The summed E-state index contributed by atoms with van der Waals surface area (Å²) in [5.41, 5.74) is 0. The van der Waals surface area contributed by atoms with E-state index in [0.717, 1.165) is 38.5 Å². The molecule has 0 aromatic rings. The predicted molar refractivity (Wildman–Crippen MR) is 72.8 cm³/mol. The SMILES string of the molecule is CCCCCCC(=O)O.CCCCCCC(=O)O. The fourth-order valence-electron chi connectivity index (χ4n) is 1.41. The van der Waals surface area contributed by atoms with E-state index in [4.69, 9.17) is 10.2 Å². The van der Waals surface area contributed by atoms with E-state index in [1.807, 2.05) is 0 Å². The molecule has 0 rings (SSSR count). The van der Waals surface area contributed by atoms with Crippen molar-refractivity contribution in [3.63, 3.8) is 0 Å². The van der Waals surface area contributed by atoms with Gasteiger partial charge in [-0.3, -0.25) is 9.59 Å². The third-order valence-electron chi connectivity index (χ3n) is 2.49. The zero-order valence-electron chi connectivity index (χ0n) is 11.8. The van der Waals surface area contributed by atoms with Crippen molar-refractivity contribution in [3.8, 4) is 0 Å². The van der Waals surface area contributed by atoms with Crippen molar-refractivity contribution in [1.82, 2.24) is 0 Å². The molecule has 2 N–H and O–H groups in total. The summed E-state index contributed by atoms with van der Waals surface area (Å²) in [6.07, 6.45) is 9.11. The van der Waals surface area contributed by atoms with Crippen molar-refractivity contribution in [2.75, 3.05) is 0 Å². The molecule has 0 fully saturated rings. The highest BCUT2D eigenvalue weighted by Crippen LogP contribution is 2.01. The number of unbranched alkanes of at least 4 members (excludes halogenated alkanes) is 6. The lowest BCUT2D eigenvalue weighted by Gasteiger charge is -1.92. The van der Waals surface area contributed by atoms with Crippen molar-refractivity contribution in [1.29, 1.82) is 0 Å². The van der Waals surface area contributed by atoms with Gasteiger partial charge in [-0.1, -0.05) is 52.4 Å². The molecule has 0 aliphatic rings. The zero-order chi connectivity index (χ0) is 14.2. The van der Waals surface area contributed by atoms with Crippen LogP contribution in [0.25, 0.3) is 0 Å². The van der Waals surface area contributed by atoms with Crippen LogP contribution >= 0.6 is 0 Å². The molecule has 0 heterocycles. The molecule has 0 amide bonds. The smallest absolute Gasteiger partial charge is 0.303 e. The summed E-state index contributed by atoms with van der Waals surface area (Å²) in [5.74, 6) is -1.35. The number of aliphatic carboxylic acids is 2. The lowest BCUT2D eigenvalue weighted by molar-refractivity contribution is -0.138. The number of carboxylic acids is 2. The fourth-order valence-corrected chi connectivity index (χ4v) is 1.41. The van der Waals surface area contributed by atoms with Crippen LogP contribution in [0.3, 0.4) is 0 Å². The van der Waals surface area contributed by atoms with Crippen molar-refractivity contribution >= 4 is 11.9 Å². The summed E-state index contributed by atoms with van der Waals surface area (Å²) in [6, 6.07) is 0. The number of carbonyl (C=O) groups is 2. The molecule has 4 nitrogen and oxygen atoms in total. The first-order chi connectivity index (χ1) is 8.54. The minimum Gasteiger partial charge on any atom is -0.481 e. The third kappa shape index (κ3) is 24.3. The molecule has 0 radical (unpaired) electrons. The molecular weight excluding hydrogens is 232 g/mol. The Morgan fingerprint density at radius 3 is 1.22 bits per heavy atom. The van der Waals surface area contributed by atoms with Crippen LogP contribution in [0.2, 0.25) is 0 Å². The summed E-state index contributed by atoms with van der Waals surface area (Å²) in [5, 5.41) is 16.4. The monoisotopic (exact) mass is 260 g/mol. The van der Waals surface area contributed by atoms with Crippen LogP contribution < -0.4 is 0 Å². The van der Waals surface area contributed by atoms with Gasteiger partial charge in [-0.2, -0.15) is 0 Å². The lowest BCUT2D eigenvalue weighted by atomic mass is 10.2. The van der Waals surface area contributed by atoms with E-state index in [9.17, 15) is 9.59 Å². The fraction of sp³-hybridized carbons (Fsp3) is 0.857. The Morgan fingerprint density at radius 1 is 0.667 bits per heavy atom. The highest BCUT2D eigenvalue weighted by molar-refractivity contribution is 5.66. The minimum atomic E-state index is -0.675. The molecule has 0 unspecified atom stereocenters. The summed E-state index contributed by atoms with van der Waals surface area (Å²) in [6.45, 7) is 4.22. The van der Waals surface area contributed by atoms with Crippen LogP contribution in [0.1, 0.15) is 78.1 Å². The van der Waals surface area contributed by atoms with Crippen molar-refractivity contribution in [3.05, 3.63) is 0 Å². The molecule has 0 spiro atoms. The van der Waals surface area contributed by atoms with Crippen molar-refractivity contribution in [2.45, 2.75) is 78.1 Å². The van der Waals surface area contributed by atoms with Crippen LogP contribution in [0.15, 0.2) is 0 Å². The lowest BCUT2D eigenvalue weighted by Crippen LogP contribution is -1.92. The van der Waals surface area contributed by atoms with Crippen LogP contribution in [0.5, 0.6) is 0 Å². The maximum atomic E-state index is 9.96. The Kier molecular flexibility index (Phi) is 17.1. The van der Waals surface area contributed by atoms with Crippen LogP contribution in [0.4, 0.5) is 0 Å². The largest absolute Gasteiger partial charge is 0.481 e. The second kappa shape index (κ2) is 15.9. The summed E-state index contributed by atoms with van der Waals surface area (Å²) < 4.78 is 0. The normalized spacial score (nSPS) is 9.44. The maximum absolute atomic E-state index is 9.96. The molecule has 4 heteroatoms. The first-order valence-electron chi connectivity index (χ1n) is 6.98. The van der Waals surface area contributed by atoms with Gasteiger partial charge in [0.15, 0.2) is 0 Å². The number of hydrogen-bond acceptors (Lipinski definition) is 2. The Bertz CT molecular complexity index is 180. The Morgan fingerprint density at radius 2 is 1.00 bits per heavy atom. The average Bonchev–Trinajstić information content (AvgIpc) is 2.31. The molecule has 0 saturated carbocycles. The number of hydrogen-bond donors (Lipinski definition) is 2. The van der Waals surface area contributed by atoms with E-state index < -0.39 is 11.9 Å². The van der Waals surface area contributed by atoms with Gasteiger partial charge in [-0.15, -0.1) is 0 Å². The molecule has 0 aromatic carbocycles. The predicted octanol–water partition coefficient (Wildman–Crippen LogP) is 4.08. The maximum Gasteiger partial charge on any atom is 0.303 e. The van der Waals surface area contributed by atoms with E-state index in [1.165, 1.54) is 12.8 Å². The van der Waals surface area contributed by atoms with Gasteiger partial charge >= 0.3 is 11.9 Å². The first-order valence-corrected chi connectivity index (χ1v) is 6.98. The average molecular weight is 260 g/mol. The van der Waals surface area contributed by atoms with E-state index in [1.54, 1.807) is 0 Å². The van der Waals surface area contributed by atoms with Gasteiger partial charge in [0.05, 0.1) is 0 Å². The van der Waals surface area contributed by atoms with Crippen LogP contribution in [-0.2, 0) is 9.59 Å². The van der Waals surface area contributed by atoms with Gasteiger partial charge in [0.2, 0.25) is 0 Å². The van der Waals surface area contributed by atoms with Gasteiger partial charge in [-0.25, -0.2) is 0 Å². The Hall–Kier alpha value is -1.06. The molecular formula is C14H28O4. The molecule has 0 aromatic heterocycles. The van der Waals surface area contributed by atoms with Gasteiger partial charge < -0.3 is 10.2 Å². The van der Waals surface area contributed by atoms with E-state index in [2.05, 4.69) is 13.8 Å². The molecule has 0 bridgehead atoms. The molecule has 0 saturated heterocycles. The van der Waals surface area contributed by atoms with Gasteiger partial charge in [-0.05, 0) is 12.8 Å². The first kappa shape index (κ1) is 19.3. The second-order valence-corrected chi connectivity index (χ2v) is 4.41. The summed E-state index contributed by atoms with van der Waals surface area (Å²) in [7, 11) is 0. The molecule has 0 aliphatic heterocycles. The minimum absolute atomic E-state index is 0.333. The highest BCUT2D eigenvalue weighted by atomic mass is 16.4. The van der Waals surface area contributed by atoms with Crippen LogP contribution in [-0.4, -0.2) is 22.2 Å². The molecule has 0 aliphatic carbocycles. The summed E-state index contributed by atoms with van der Waals surface area (Å²) >= 11 is 0. The van der Waals surface area contributed by atoms with Crippen LogP contribution in [0, 0.1) is 0 Å². The van der Waals surface area contributed by atoms with E-state index in [0.29, 0.717) is 12.8 Å². The number of carboxylic acid groups (broad SMARTS) is 2. The van der Waals surface area contributed by atoms with Crippen molar-refractivity contribution in [2.24, 2.45) is 0 Å². The summed E-state index contributed by atoms with van der Waals surface area (Å²) in [4.78, 5) is 19.9.